The number of pyridine rings is 1. The second-order valence-electron chi connectivity index (χ2n) is 4.14. The molecule has 1 aromatic rings. The van der Waals surface area contributed by atoms with Crippen LogP contribution >= 0.6 is 0 Å². The van der Waals surface area contributed by atoms with E-state index in [1.54, 1.807) is 13.1 Å². The Kier molecular flexibility index (Phi) is 5.12. The van der Waals surface area contributed by atoms with Gasteiger partial charge in [0.25, 0.3) is 0 Å². The zero-order valence-electron chi connectivity index (χ0n) is 10.3. The minimum atomic E-state index is 0.243. The van der Waals surface area contributed by atoms with Crippen LogP contribution in [0.3, 0.4) is 0 Å². The zero-order valence-corrected chi connectivity index (χ0v) is 10.3. The van der Waals surface area contributed by atoms with Crippen molar-refractivity contribution >= 4 is 5.78 Å². The Balaban J connectivity index is 2.58. The van der Waals surface area contributed by atoms with Crippen LogP contribution in [0.5, 0.6) is 0 Å². The minimum absolute atomic E-state index is 0.243. The van der Waals surface area contributed by atoms with E-state index in [2.05, 4.69) is 23.7 Å². The zero-order chi connectivity index (χ0) is 12.0. The quantitative estimate of drug-likeness (QED) is 0.737. The second kappa shape index (κ2) is 6.38. The van der Waals surface area contributed by atoms with Crippen LogP contribution in [-0.4, -0.2) is 28.3 Å². The van der Waals surface area contributed by atoms with Gasteiger partial charge in [0.2, 0.25) is 0 Å². The van der Waals surface area contributed by atoms with Crippen LogP contribution in [0.15, 0.2) is 24.4 Å². The third-order valence-corrected chi connectivity index (χ3v) is 2.70. The van der Waals surface area contributed by atoms with E-state index < -0.39 is 0 Å². The molecule has 0 bridgehead atoms. The molecule has 88 valence electrons. The van der Waals surface area contributed by atoms with Crippen molar-refractivity contribution in [2.24, 2.45) is 0 Å². The van der Waals surface area contributed by atoms with Gasteiger partial charge in [-0.15, -0.1) is 0 Å². The lowest BCUT2D eigenvalue weighted by molar-refractivity contribution is -0.118. The van der Waals surface area contributed by atoms with Crippen molar-refractivity contribution < 1.29 is 4.79 Å². The molecule has 0 aliphatic rings. The van der Waals surface area contributed by atoms with E-state index in [0.29, 0.717) is 6.42 Å². The summed E-state index contributed by atoms with van der Waals surface area (Å²) in [5.41, 5.74) is 1.06. The SMILES string of the molecule is CCN(Cc1ccccn1)C(C)CC(C)=O. The molecule has 1 rings (SSSR count). The molecule has 1 aromatic heterocycles. The molecule has 1 atom stereocenters. The molecule has 0 amide bonds. The highest BCUT2D eigenvalue weighted by Gasteiger charge is 2.14. The summed E-state index contributed by atoms with van der Waals surface area (Å²) in [5.74, 6) is 0.243. The van der Waals surface area contributed by atoms with Crippen molar-refractivity contribution in [1.29, 1.82) is 0 Å². The van der Waals surface area contributed by atoms with Crippen LogP contribution in [0.25, 0.3) is 0 Å². The number of hydrogen-bond acceptors (Lipinski definition) is 3. The number of rotatable bonds is 6. The van der Waals surface area contributed by atoms with Crippen LogP contribution in [0.1, 0.15) is 32.9 Å². The minimum Gasteiger partial charge on any atom is -0.300 e. The lowest BCUT2D eigenvalue weighted by Crippen LogP contribution is -2.34. The lowest BCUT2D eigenvalue weighted by Gasteiger charge is -2.26. The van der Waals surface area contributed by atoms with Crippen LogP contribution in [0, 0.1) is 0 Å². The van der Waals surface area contributed by atoms with Gasteiger partial charge in [-0.1, -0.05) is 13.0 Å². The van der Waals surface area contributed by atoms with Crippen molar-refractivity contribution in [3.05, 3.63) is 30.1 Å². The predicted octanol–water partition coefficient (Wildman–Crippen LogP) is 2.27. The summed E-state index contributed by atoms with van der Waals surface area (Å²) in [4.78, 5) is 17.7. The third kappa shape index (κ3) is 4.11. The largest absolute Gasteiger partial charge is 0.300 e. The molecule has 0 aliphatic carbocycles. The first-order valence-electron chi connectivity index (χ1n) is 5.77. The van der Waals surface area contributed by atoms with Gasteiger partial charge in [0, 0.05) is 25.2 Å². The number of aromatic nitrogens is 1. The van der Waals surface area contributed by atoms with Gasteiger partial charge in [0.15, 0.2) is 0 Å². The molecule has 0 N–H and O–H groups in total. The molecule has 0 fully saturated rings. The third-order valence-electron chi connectivity index (χ3n) is 2.70. The van der Waals surface area contributed by atoms with Crippen molar-refractivity contribution in [3.63, 3.8) is 0 Å². The Labute approximate surface area is 97.5 Å². The molecule has 3 nitrogen and oxygen atoms in total. The summed E-state index contributed by atoms with van der Waals surface area (Å²) >= 11 is 0. The average Bonchev–Trinajstić information content (AvgIpc) is 2.26. The molecule has 1 heterocycles. The second-order valence-corrected chi connectivity index (χ2v) is 4.14. The highest BCUT2D eigenvalue weighted by molar-refractivity contribution is 5.76. The summed E-state index contributed by atoms with van der Waals surface area (Å²) in [5, 5.41) is 0. The molecule has 0 saturated carbocycles. The van der Waals surface area contributed by atoms with Crippen molar-refractivity contribution in [2.45, 2.75) is 39.8 Å². The van der Waals surface area contributed by atoms with E-state index >= 15 is 0 Å². The van der Waals surface area contributed by atoms with Gasteiger partial charge in [-0.25, -0.2) is 0 Å². The molecule has 0 aromatic carbocycles. The van der Waals surface area contributed by atoms with Gasteiger partial charge >= 0.3 is 0 Å². The number of carbonyl (C=O) groups is 1. The predicted molar refractivity (Wildman–Crippen MR) is 65.1 cm³/mol. The summed E-state index contributed by atoms with van der Waals surface area (Å²) < 4.78 is 0. The Morgan fingerprint density at radius 3 is 2.75 bits per heavy atom. The highest BCUT2D eigenvalue weighted by atomic mass is 16.1. The Hall–Kier alpha value is -1.22. The van der Waals surface area contributed by atoms with Crippen molar-refractivity contribution in [1.82, 2.24) is 9.88 Å². The van der Waals surface area contributed by atoms with Gasteiger partial charge in [0.05, 0.1) is 5.69 Å². The fourth-order valence-electron chi connectivity index (χ4n) is 1.82. The molecule has 3 heteroatoms. The molecule has 0 radical (unpaired) electrons. The summed E-state index contributed by atoms with van der Waals surface area (Å²) in [6, 6.07) is 6.21. The first kappa shape index (κ1) is 12.8. The summed E-state index contributed by atoms with van der Waals surface area (Å²) in [6.07, 6.45) is 2.42. The van der Waals surface area contributed by atoms with E-state index in [0.717, 1.165) is 18.8 Å². The number of carbonyl (C=O) groups excluding carboxylic acids is 1. The Bertz CT molecular complexity index is 324. The first-order chi connectivity index (χ1) is 7.63. The van der Waals surface area contributed by atoms with Gasteiger partial charge in [0.1, 0.15) is 5.78 Å². The maximum atomic E-state index is 11.1. The highest BCUT2D eigenvalue weighted by Crippen LogP contribution is 2.08. The molecular formula is C13H20N2O. The maximum absolute atomic E-state index is 11.1. The number of hydrogen-bond donors (Lipinski definition) is 0. The molecular weight excluding hydrogens is 200 g/mol. The number of Topliss-reactive ketones (excluding diaryl/α,β-unsaturated/α-hetero) is 1. The van der Waals surface area contributed by atoms with E-state index in [1.165, 1.54) is 0 Å². The maximum Gasteiger partial charge on any atom is 0.131 e. The topological polar surface area (TPSA) is 33.2 Å². The van der Waals surface area contributed by atoms with Crippen LogP contribution in [-0.2, 0) is 11.3 Å². The van der Waals surface area contributed by atoms with Gasteiger partial charge < -0.3 is 0 Å². The van der Waals surface area contributed by atoms with Gasteiger partial charge in [-0.3, -0.25) is 14.7 Å². The number of ketones is 1. The van der Waals surface area contributed by atoms with E-state index in [1.807, 2.05) is 18.2 Å². The van der Waals surface area contributed by atoms with Crippen LogP contribution in [0.2, 0.25) is 0 Å². The fourth-order valence-corrected chi connectivity index (χ4v) is 1.82. The monoisotopic (exact) mass is 220 g/mol. The molecule has 16 heavy (non-hydrogen) atoms. The van der Waals surface area contributed by atoms with Gasteiger partial charge in [-0.2, -0.15) is 0 Å². The van der Waals surface area contributed by atoms with Crippen molar-refractivity contribution in [2.75, 3.05) is 6.54 Å². The molecule has 0 spiro atoms. The van der Waals surface area contributed by atoms with E-state index in [9.17, 15) is 4.79 Å². The molecule has 0 saturated heterocycles. The summed E-state index contributed by atoms with van der Waals surface area (Å²) in [7, 11) is 0. The van der Waals surface area contributed by atoms with Gasteiger partial charge in [-0.05, 0) is 32.5 Å². The average molecular weight is 220 g/mol. The van der Waals surface area contributed by atoms with Crippen LogP contribution < -0.4 is 0 Å². The van der Waals surface area contributed by atoms with E-state index in [-0.39, 0.29) is 11.8 Å². The summed E-state index contributed by atoms with van der Waals surface area (Å²) in [6.45, 7) is 7.59. The Morgan fingerprint density at radius 2 is 2.25 bits per heavy atom. The van der Waals surface area contributed by atoms with Crippen molar-refractivity contribution in [3.8, 4) is 0 Å². The normalized spacial score (nSPS) is 12.8. The van der Waals surface area contributed by atoms with E-state index in [4.69, 9.17) is 0 Å². The Morgan fingerprint density at radius 1 is 1.50 bits per heavy atom. The fraction of sp³-hybridized carbons (Fsp3) is 0.538. The lowest BCUT2D eigenvalue weighted by atomic mass is 10.1. The number of nitrogens with zero attached hydrogens (tertiary/aromatic N) is 2. The smallest absolute Gasteiger partial charge is 0.131 e. The first-order valence-corrected chi connectivity index (χ1v) is 5.77. The molecule has 1 unspecified atom stereocenters. The standard InChI is InChI=1S/C13H20N2O/c1-4-15(11(2)9-12(3)16)10-13-7-5-6-8-14-13/h5-8,11H,4,9-10H2,1-3H3. The molecule has 0 aliphatic heterocycles. The van der Waals surface area contributed by atoms with Crippen LogP contribution in [0.4, 0.5) is 0 Å².